The molecule has 0 aliphatic carbocycles. The second-order valence-electron chi connectivity index (χ2n) is 7.93. The van der Waals surface area contributed by atoms with Crippen LogP contribution in [0, 0.1) is 0 Å². The zero-order chi connectivity index (χ0) is 24.6. The highest BCUT2D eigenvalue weighted by Crippen LogP contribution is 2.30. The van der Waals surface area contributed by atoms with Gasteiger partial charge in [0.1, 0.15) is 6.67 Å². The molecule has 1 atom stereocenters. The van der Waals surface area contributed by atoms with Crippen LogP contribution in [0.4, 0.5) is 10.2 Å². The van der Waals surface area contributed by atoms with Crippen molar-refractivity contribution in [1.29, 1.82) is 0 Å². The van der Waals surface area contributed by atoms with Crippen molar-refractivity contribution in [2.24, 2.45) is 0 Å². The fourth-order valence-electron chi connectivity index (χ4n) is 3.37. The molecular weight excluding hydrogens is 467 g/mol. The molecular formula is C25H27FN6O2S. The molecule has 1 unspecified atom stereocenters. The Morgan fingerprint density at radius 1 is 1.06 bits per heavy atom. The Bertz CT molecular complexity index is 1230. The van der Waals surface area contributed by atoms with E-state index in [1.165, 1.54) is 0 Å². The number of hydrogen-bond donors (Lipinski definition) is 3. The maximum Gasteiger partial charge on any atom is 0.270 e. The Morgan fingerprint density at radius 3 is 2.49 bits per heavy atom. The van der Waals surface area contributed by atoms with E-state index in [2.05, 4.69) is 32.4 Å². The average molecular weight is 495 g/mol. The first-order chi connectivity index (χ1) is 17.1. The van der Waals surface area contributed by atoms with Gasteiger partial charge in [-0.25, -0.2) is 14.4 Å². The van der Waals surface area contributed by atoms with Gasteiger partial charge in [0.15, 0.2) is 11.5 Å². The summed E-state index contributed by atoms with van der Waals surface area (Å²) in [4.78, 5) is 10.0. The molecule has 182 valence electrons. The van der Waals surface area contributed by atoms with Gasteiger partial charge in [-0.3, -0.25) is 0 Å². The van der Waals surface area contributed by atoms with Crippen molar-refractivity contribution in [2.45, 2.75) is 30.0 Å². The maximum atomic E-state index is 12.2. The zero-order valence-electron chi connectivity index (χ0n) is 19.3. The number of rotatable bonds is 11. The fourth-order valence-corrected chi connectivity index (χ4v) is 4.35. The molecule has 0 radical (unpaired) electrons. The molecule has 35 heavy (non-hydrogen) atoms. The summed E-state index contributed by atoms with van der Waals surface area (Å²) in [7, 11) is 0. The smallest absolute Gasteiger partial charge is 0.270 e. The Labute approximate surface area is 207 Å². The predicted molar refractivity (Wildman–Crippen MR) is 135 cm³/mol. The molecule has 0 saturated heterocycles. The summed E-state index contributed by atoms with van der Waals surface area (Å²) in [5, 5.41) is 20.7. The third-order valence-electron chi connectivity index (χ3n) is 5.25. The SMILES string of the molecule is CC(CCO)Sc1ccc(-c2cnc(N)c(-c3nnc(-c4ccc(CNCCF)cc4)o3)n2)cc1. The second-order valence-corrected chi connectivity index (χ2v) is 9.44. The van der Waals surface area contributed by atoms with Gasteiger partial charge >= 0.3 is 0 Å². The van der Waals surface area contributed by atoms with Gasteiger partial charge in [-0.15, -0.1) is 22.0 Å². The van der Waals surface area contributed by atoms with Crippen LogP contribution in [0.3, 0.4) is 0 Å². The number of aliphatic hydroxyl groups excluding tert-OH is 1. The van der Waals surface area contributed by atoms with Crippen LogP contribution in [0.5, 0.6) is 0 Å². The van der Waals surface area contributed by atoms with Crippen LogP contribution in [0.15, 0.2) is 64.0 Å². The highest BCUT2D eigenvalue weighted by molar-refractivity contribution is 7.99. The van der Waals surface area contributed by atoms with E-state index in [0.29, 0.717) is 35.6 Å². The van der Waals surface area contributed by atoms with Gasteiger partial charge in [0.05, 0.1) is 11.9 Å². The lowest BCUT2D eigenvalue weighted by atomic mass is 10.1. The van der Waals surface area contributed by atoms with Crippen molar-refractivity contribution < 1.29 is 13.9 Å². The summed E-state index contributed by atoms with van der Waals surface area (Å²) in [6.45, 7) is 2.78. The number of halogens is 1. The van der Waals surface area contributed by atoms with E-state index in [0.717, 1.165) is 28.0 Å². The Kier molecular flexibility index (Phi) is 8.40. The minimum Gasteiger partial charge on any atom is -0.414 e. The van der Waals surface area contributed by atoms with Crippen LogP contribution < -0.4 is 11.1 Å². The van der Waals surface area contributed by atoms with Gasteiger partial charge in [-0.1, -0.05) is 31.2 Å². The van der Waals surface area contributed by atoms with Crippen molar-refractivity contribution in [3.63, 3.8) is 0 Å². The standard InChI is InChI=1S/C25H27FN6O2S/c1-16(10-13-33)35-20-8-6-18(7-9-20)21-15-29-23(27)22(30-21)25-32-31-24(34-25)19-4-2-17(3-5-19)14-28-12-11-26/h2-9,15-16,28,33H,10-14H2,1H3,(H2,27,29). The topological polar surface area (TPSA) is 123 Å². The Hall–Kier alpha value is -3.34. The molecule has 0 spiro atoms. The van der Waals surface area contributed by atoms with E-state index in [-0.39, 0.29) is 18.3 Å². The number of benzene rings is 2. The van der Waals surface area contributed by atoms with Crippen LogP contribution in [-0.2, 0) is 6.54 Å². The number of aromatic nitrogens is 4. The number of hydrogen-bond acceptors (Lipinski definition) is 9. The summed E-state index contributed by atoms with van der Waals surface area (Å²) >= 11 is 1.71. The first-order valence-corrected chi connectivity index (χ1v) is 12.2. The quantitative estimate of drug-likeness (QED) is 0.206. The predicted octanol–water partition coefficient (Wildman–Crippen LogP) is 4.36. The largest absolute Gasteiger partial charge is 0.414 e. The van der Waals surface area contributed by atoms with E-state index in [9.17, 15) is 4.39 Å². The number of nitrogens with zero attached hydrogens (tertiary/aromatic N) is 4. The van der Waals surface area contributed by atoms with Crippen LogP contribution in [0.1, 0.15) is 18.9 Å². The van der Waals surface area contributed by atoms with Crippen LogP contribution in [0.25, 0.3) is 34.3 Å². The monoisotopic (exact) mass is 494 g/mol. The fraction of sp³-hybridized carbons (Fsp3) is 0.280. The third-order valence-corrected chi connectivity index (χ3v) is 6.44. The highest BCUT2D eigenvalue weighted by Gasteiger charge is 2.17. The molecule has 2 aromatic carbocycles. The lowest BCUT2D eigenvalue weighted by Crippen LogP contribution is -2.15. The lowest BCUT2D eigenvalue weighted by molar-refractivity contribution is 0.289. The van der Waals surface area contributed by atoms with Gasteiger partial charge in [-0.2, -0.15) is 0 Å². The minimum atomic E-state index is -0.398. The molecule has 4 N–H and O–H groups in total. The third kappa shape index (κ3) is 6.41. The van der Waals surface area contributed by atoms with Gasteiger partial charge in [0, 0.05) is 41.0 Å². The van der Waals surface area contributed by atoms with Crippen LogP contribution in [-0.4, -0.2) is 50.3 Å². The molecule has 2 aromatic heterocycles. The molecule has 8 nitrogen and oxygen atoms in total. The Balaban J connectivity index is 1.51. The van der Waals surface area contributed by atoms with Crippen molar-refractivity contribution in [3.05, 3.63) is 60.3 Å². The summed E-state index contributed by atoms with van der Waals surface area (Å²) in [5.74, 6) is 0.724. The first-order valence-electron chi connectivity index (χ1n) is 11.3. The van der Waals surface area contributed by atoms with Gasteiger partial charge < -0.3 is 20.6 Å². The number of aliphatic hydroxyl groups is 1. The molecule has 0 amide bonds. The number of nitrogens with one attached hydrogen (secondary N) is 1. The molecule has 0 aliphatic rings. The van der Waals surface area contributed by atoms with E-state index >= 15 is 0 Å². The summed E-state index contributed by atoms with van der Waals surface area (Å²) in [6, 6.07) is 15.6. The molecule has 0 aliphatic heterocycles. The molecule has 0 bridgehead atoms. The normalized spacial score (nSPS) is 12.1. The van der Waals surface area contributed by atoms with Crippen LogP contribution >= 0.6 is 11.8 Å². The summed E-state index contributed by atoms with van der Waals surface area (Å²) in [5.41, 5.74) is 9.70. The molecule has 0 saturated carbocycles. The zero-order valence-corrected chi connectivity index (χ0v) is 20.1. The summed E-state index contributed by atoms with van der Waals surface area (Å²) < 4.78 is 18.1. The molecule has 10 heteroatoms. The number of anilines is 1. The van der Waals surface area contributed by atoms with E-state index in [1.54, 1.807) is 18.0 Å². The maximum absolute atomic E-state index is 12.2. The molecule has 4 rings (SSSR count). The number of nitrogen functional groups attached to an aromatic ring is 1. The average Bonchev–Trinajstić information content (AvgIpc) is 3.36. The highest BCUT2D eigenvalue weighted by atomic mass is 32.2. The van der Waals surface area contributed by atoms with E-state index in [4.69, 9.17) is 15.3 Å². The van der Waals surface area contributed by atoms with Crippen molar-refractivity contribution in [1.82, 2.24) is 25.5 Å². The molecule has 0 fully saturated rings. The van der Waals surface area contributed by atoms with Crippen molar-refractivity contribution in [3.8, 4) is 34.3 Å². The molecule has 2 heterocycles. The van der Waals surface area contributed by atoms with E-state index in [1.807, 2.05) is 48.5 Å². The Morgan fingerprint density at radius 2 is 1.77 bits per heavy atom. The summed E-state index contributed by atoms with van der Waals surface area (Å²) in [6.07, 6.45) is 2.36. The second kappa shape index (κ2) is 11.9. The van der Waals surface area contributed by atoms with Crippen molar-refractivity contribution >= 4 is 17.6 Å². The van der Waals surface area contributed by atoms with Gasteiger partial charge in [0.2, 0.25) is 5.89 Å². The van der Waals surface area contributed by atoms with Gasteiger partial charge in [-0.05, 0) is 36.2 Å². The minimum absolute atomic E-state index is 0.178. The van der Waals surface area contributed by atoms with Crippen molar-refractivity contribution in [2.75, 3.05) is 25.6 Å². The van der Waals surface area contributed by atoms with E-state index < -0.39 is 6.67 Å². The number of thioether (sulfide) groups is 1. The number of nitrogens with two attached hydrogens (primary N) is 1. The number of alkyl halides is 1. The van der Waals surface area contributed by atoms with Gasteiger partial charge in [0.25, 0.3) is 5.89 Å². The first kappa shape index (κ1) is 24.8. The van der Waals surface area contributed by atoms with Crippen LogP contribution in [0.2, 0.25) is 0 Å². The molecule has 4 aromatic rings. The lowest BCUT2D eigenvalue weighted by Gasteiger charge is -2.10.